The lowest BCUT2D eigenvalue weighted by molar-refractivity contribution is 0.0496. The zero-order valence-corrected chi connectivity index (χ0v) is 13.2. The number of hydrogen-bond acceptors (Lipinski definition) is 4. The lowest BCUT2D eigenvalue weighted by Crippen LogP contribution is -2.14. The van der Waals surface area contributed by atoms with E-state index in [1.807, 2.05) is 37.3 Å². The lowest BCUT2D eigenvalue weighted by Gasteiger charge is -2.10. The summed E-state index contributed by atoms with van der Waals surface area (Å²) in [5.41, 5.74) is 7.71. The topological polar surface area (TPSA) is 69.4 Å². The van der Waals surface area contributed by atoms with Crippen molar-refractivity contribution in [1.82, 2.24) is 0 Å². The van der Waals surface area contributed by atoms with Gasteiger partial charge >= 0.3 is 5.97 Å². The number of Topliss-reactive ketones (excluding diaryl/α,β-unsaturated/α-hetero) is 1. The minimum Gasteiger partial charge on any atom is -0.462 e. The predicted octanol–water partition coefficient (Wildman–Crippen LogP) is 3.65. The third kappa shape index (κ3) is 4.68. The van der Waals surface area contributed by atoms with Crippen molar-refractivity contribution in [3.05, 3.63) is 65.2 Å². The first kappa shape index (κ1) is 16.7. The van der Waals surface area contributed by atoms with Crippen LogP contribution in [0, 0.1) is 0 Å². The van der Waals surface area contributed by atoms with Gasteiger partial charge in [0.15, 0.2) is 5.78 Å². The maximum absolute atomic E-state index is 12.6. The number of carbonyl (C=O) groups is 2. The third-order valence-electron chi connectivity index (χ3n) is 3.50. The maximum atomic E-state index is 12.6. The molecular weight excluding hydrogens is 290 g/mol. The van der Waals surface area contributed by atoms with E-state index in [4.69, 9.17) is 10.5 Å². The van der Waals surface area contributed by atoms with Crippen LogP contribution in [0.4, 0.5) is 5.69 Å². The first-order valence-electron chi connectivity index (χ1n) is 7.75. The van der Waals surface area contributed by atoms with Gasteiger partial charge < -0.3 is 10.5 Å². The number of anilines is 1. The number of nitrogen functional groups attached to an aromatic ring is 1. The van der Waals surface area contributed by atoms with Crippen LogP contribution in [0.2, 0.25) is 0 Å². The summed E-state index contributed by atoms with van der Waals surface area (Å²) in [6.07, 6.45) is 1.96. The molecule has 0 aliphatic rings. The Bertz CT molecular complexity index is 680. The monoisotopic (exact) mass is 311 g/mol. The predicted molar refractivity (Wildman–Crippen MR) is 90.5 cm³/mol. The van der Waals surface area contributed by atoms with Crippen LogP contribution in [0.25, 0.3) is 0 Å². The van der Waals surface area contributed by atoms with E-state index in [-0.39, 0.29) is 17.8 Å². The molecule has 120 valence electrons. The van der Waals surface area contributed by atoms with E-state index in [0.717, 1.165) is 18.4 Å². The first-order chi connectivity index (χ1) is 11.1. The normalized spacial score (nSPS) is 10.3. The van der Waals surface area contributed by atoms with Crippen LogP contribution in [0.3, 0.4) is 0 Å². The van der Waals surface area contributed by atoms with E-state index in [1.54, 1.807) is 18.2 Å². The standard InChI is InChI=1S/C19H21NO3/c1-2-3-11-23-19(22)16-10-9-15(20)13-17(16)18(21)12-14-7-5-4-6-8-14/h4-10,13H,2-3,11-12,20H2,1H3. The molecule has 0 fully saturated rings. The molecule has 0 amide bonds. The van der Waals surface area contributed by atoms with Crippen molar-refractivity contribution in [2.75, 3.05) is 12.3 Å². The molecule has 0 aliphatic heterocycles. The van der Waals surface area contributed by atoms with E-state index < -0.39 is 5.97 Å². The molecule has 0 saturated heterocycles. The summed E-state index contributed by atoms with van der Waals surface area (Å²) in [5, 5.41) is 0. The molecule has 0 bridgehead atoms. The quantitative estimate of drug-likeness (QED) is 0.367. The highest BCUT2D eigenvalue weighted by Crippen LogP contribution is 2.18. The highest BCUT2D eigenvalue weighted by molar-refractivity contribution is 6.07. The van der Waals surface area contributed by atoms with E-state index in [1.165, 1.54) is 0 Å². The second-order valence-corrected chi connectivity index (χ2v) is 5.38. The zero-order valence-electron chi connectivity index (χ0n) is 13.2. The Morgan fingerprint density at radius 2 is 1.78 bits per heavy atom. The summed E-state index contributed by atoms with van der Waals surface area (Å²) < 4.78 is 5.22. The molecule has 0 atom stereocenters. The number of ketones is 1. The van der Waals surface area contributed by atoms with E-state index in [0.29, 0.717) is 17.9 Å². The fourth-order valence-corrected chi connectivity index (χ4v) is 2.23. The molecule has 0 aromatic heterocycles. The fraction of sp³-hybridized carbons (Fsp3) is 0.263. The summed E-state index contributed by atoms with van der Waals surface area (Å²) in [6.45, 7) is 2.37. The number of esters is 1. The Hall–Kier alpha value is -2.62. The van der Waals surface area contributed by atoms with Crippen molar-refractivity contribution < 1.29 is 14.3 Å². The van der Waals surface area contributed by atoms with Crippen LogP contribution in [-0.2, 0) is 11.2 Å². The molecular formula is C19H21NO3. The number of nitrogens with two attached hydrogens (primary N) is 1. The van der Waals surface area contributed by atoms with Gasteiger partial charge in [-0.1, -0.05) is 43.7 Å². The van der Waals surface area contributed by atoms with E-state index in [2.05, 4.69) is 0 Å². The van der Waals surface area contributed by atoms with Gasteiger partial charge in [0.25, 0.3) is 0 Å². The van der Waals surface area contributed by atoms with E-state index in [9.17, 15) is 9.59 Å². The molecule has 0 aliphatic carbocycles. The lowest BCUT2D eigenvalue weighted by atomic mass is 9.98. The van der Waals surface area contributed by atoms with Gasteiger partial charge in [-0.25, -0.2) is 4.79 Å². The zero-order chi connectivity index (χ0) is 16.7. The minimum absolute atomic E-state index is 0.147. The number of unbranched alkanes of at least 4 members (excludes halogenated alkanes) is 1. The number of benzene rings is 2. The SMILES string of the molecule is CCCCOC(=O)c1ccc(N)cc1C(=O)Cc1ccccc1. The Labute approximate surface area is 136 Å². The Balaban J connectivity index is 2.21. The van der Waals surface area contributed by atoms with Crippen LogP contribution in [0.1, 0.15) is 46.0 Å². The van der Waals surface area contributed by atoms with Crippen LogP contribution >= 0.6 is 0 Å². The van der Waals surface area contributed by atoms with E-state index >= 15 is 0 Å². The average molecular weight is 311 g/mol. The number of rotatable bonds is 7. The van der Waals surface area contributed by atoms with Crippen molar-refractivity contribution in [1.29, 1.82) is 0 Å². The molecule has 0 spiro atoms. The highest BCUT2D eigenvalue weighted by atomic mass is 16.5. The van der Waals surface area contributed by atoms with Gasteiger partial charge in [-0.15, -0.1) is 0 Å². The number of carbonyl (C=O) groups excluding carboxylic acids is 2. The number of ether oxygens (including phenoxy) is 1. The van der Waals surface area contributed by atoms with Crippen LogP contribution in [0.15, 0.2) is 48.5 Å². The Morgan fingerprint density at radius 3 is 2.48 bits per heavy atom. The summed E-state index contributed by atoms with van der Waals surface area (Å²) in [4.78, 5) is 24.8. The molecule has 2 rings (SSSR count). The summed E-state index contributed by atoms with van der Waals surface area (Å²) in [5.74, 6) is -0.624. The molecule has 2 aromatic rings. The highest BCUT2D eigenvalue weighted by Gasteiger charge is 2.18. The average Bonchev–Trinajstić information content (AvgIpc) is 2.55. The third-order valence-corrected chi connectivity index (χ3v) is 3.50. The molecule has 23 heavy (non-hydrogen) atoms. The molecule has 0 saturated carbocycles. The molecule has 0 radical (unpaired) electrons. The minimum atomic E-state index is -0.477. The molecule has 4 nitrogen and oxygen atoms in total. The Morgan fingerprint density at radius 1 is 1.04 bits per heavy atom. The molecule has 2 N–H and O–H groups in total. The summed E-state index contributed by atoms with van der Waals surface area (Å²) >= 11 is 0. The number of hydrogen-bond donors (Lipinski definition) is 1. The van der Waals surface area contributed by atoms with Gasteiger partial charge in [0, 0.05) is 17.7 Å². The second kappa shape index (κ2) is 8.13. The fourth-order valence-electron chi connectivity index (χ4n) is 2.23. The van der Waals surface area contributed by atoms with Crippen molar-refractivity contribution >= 4 is 17.4 Å². The van der Waals surface area contributed by atoms with Gasteiger partial charge in [0.05, 0.1) is 12.2 Å². The first-order valence-corrected chi connectivity index (χ1v) is 7.75. The largest absolute Gasteiger partial charge is 0.462 e. The second-order valence-electron chi connectivity index (χ2n) is 5.38. The molecule has 4 heteroatoms. The van der Waals surface area contributed by atoms with Crippen molar-refractivity contribution in [3.8, 4) is 0 Å². The van der Waals surface area contributed by atoms with Gasteiger partial charge in [-0.05, 0) is 30.2 Å². The van der Waals surface area contributed by atoms with Gasteiger partial charge in [0.1, 0.15) is 0 Å². The molecule has 0 unspecified atom stereocenters. The Kier molecular flexibility index (Phi) is 5.92. The molecule has 2 aromatic carbocycles. The van der Waals surface area contributed by atoms with Gasteiger partial charge in [-0.2, -0.15) is 0 Å². The maximum Gasteiger partial charge on any atom is 0.338 e. The van der Waals surface area contributed by atoms with Gasteiger partial charge in [0.2, 0.25) is 0 Å². The van der Waals surface area contributed by atoms with Crippen molar-refractivity contribution in [2.24, 2.45) is 0 Å². The van der Waals surface area contributed by atoms with Crippen LogP contribution in [0.5, 0.6) is 0 Å². The van der Waals surface area contributed by atoms with Crippen molar-refractivity contribution in [3.63, 3.8) is 0 Å². The smallest absolute Gasteiger partial charge is 0.338 e. The van der Waals surface area contributed by atoms with Crippen LogP contribution in [-0.4, -0.2) is 18.4 Å². The van der Waals surface area contributed by atoms with Crippen LogP contribution < -0.4 is 5.73 Å². The van der Waals surface area contributed by atoms with Crippen molar-refractivity contribution in [2.45, 2.75) is 26.2 Å². The van der Waals surface area contributed by atoms with Gasteiger partial charge in [-0.3, -0.25) is 4.79 Å². The summed E-state index contributed by atoms with van der Waals surface area (Å²) in [7, 11) is 0. The summed E-state index contributed by atoms with van der Waals surface area (Å²) in [6, 6.07) is 14.1. The molecule has 0 heterocycles.